The van der Waals surface area contributed by atoms with Crippen LogP contribution in [0.25, 0.3) is 55.0 Å². The summed E-state index contributed by atoms with van der Waals surface area (Å²) in [6.07, 6.45) is 0. The Morgan fingerprint density at radius 1 is 0.465 bits per heavy atom. The predicted molar refractivity (Wildman–Crippen MR) is 180 cm³/mol. The van der Waals surface area contributed by atoms with Crippen LogP contribution in [0.2, 0.25) is 0 Å². The van der Waals surface area contributed by atoms with E-state index in [1.807, 2.05) is 0 Å². The van der Waals surface area contributed by atoms with Crippen molar-refractivity contribution in [3.63, 3.8) is 0 Å². The minimum atomic E-state index is -0.0847. The maximum absolute atomic E-state index is 6.48. The first-order valence-corrected chi connectivity index (χ1v) is 14.9. The number of rotatable bonds is 4. The highest BCUT2D eigenvalue weighted by molar-refractivity contribution is 6.22. The van der Waals surface area contributed by atoms with Crippen LogP contribution in [0.1, 0.15) is 25.0 Å². The monoisotopic (exact) mass is 551 g/mol. The van der Waals surface area contributed by atoms with E-state index in [2.05, 4.69) is 158 Å². The fraction of sp³-hybridized carbons (Fsp3) is 0.0732. The van der Waals surface area contributed by atoms with Gasteiger partial charge in [0.2, 0.25) is 0 Å². The Morgan fingerprint density at radius 3 is 2.02 bits per heavy atom. The van der Waals surface area contributed by atoms with Crippen molar-refractivity contribution < 1.29 is 4.42 Å². The van der Waals surface area contributed by atoms with Crippen molar-refractivity contribution in [1.29, 1.82) is 0 Å². The van der Waals surface area contributed by atoms with E-state index in [0.717, 1.165) is 28.2 Å². The number of hydrogen-bond donors (Lipinski definition) is 0. The summed E-state index contributed by atoms with van der Waals surface area (Å²) < 4.78 is 6.48. The van der Waals surface area contributed by atoms with E-state index in [9.17, 15) is 0 Å². The average Bonchev–Trinajstić information content (AvgIpc) is 3.54. The van der Waals surface area contributed by atoms with Crippen molar-refractivity contribution in [2.45, 2.75) is 19.3 Å². The van der Waals surface area contributed by atoms with E-state index in [0.29, 0.717) is 0 Å². The summed E-state index contributed by atoms with van der Waals surface area (Å²) in [5.41, 5.74) is 12.9. The van der Waals surface area contributed by atoms with Crippen LogP contribution in [0.3, 0.4) is 0 Å². The van der Waals surface area contributed by atoms with Crippen LogP contribution in [-0.2, 0) is 5.41 Å². The summed E-state index contributed by atoms with van der Waals surface area (Å²) in [7, 11) is 0. The fourth-order valence-corrected chi connectivity index (χ4v) is 7.28. The maximum Gasteiger partial charge on any atom is 0.138 e. The van der Waals surface area contributed by atoms with Gasteiger partial charge in [-0.25, -0.2) is 0 Å². The van der Waals surface area contributed by atoms with Crippen molar-refractivity contribution in [1.82, 2.24) is 0 Å². The second-order valence-electron chi connectivity index (χ2n) is 12.2. The highest BCUT2D eigenvalue weighted by Gasteiger charge is 2.35. The molecule has 1 aliphatic carbocycles. The summed E-state index contributed by atoms with van der Waals surface area (Å²) in [6, 6.07) is 50.5. The summed E-state index contributed by atoms with van der Waals surface area (Å²) in [5.74, 6) is 0. The van der Waals surface area contributed by atoms with Crippen LogP contribution in [0.5, 0.6) is 0 Å². The van der Waals surface area contributed by atoms with E-state index >= 15 is 0 Å². The number of nitrogens with zero attached hydrogens (tertiary/aromatic N) is 1. The molecule has 0 spiro atoms. The van der Waals surface area contributed by atoms with Gasteiger partial charge in [-0.15, -0.1) is 0 Å². The van der Waals surface area contributed by atoms with Crippen LogP contribution in [0.15, 0.2) is 144 Å². The summed E-state index contributed by atoms with van der Waals surface area (Å²) >= 11 is 0. The lowest BCUT2D eigenvalue weighted by atomic mass is 9.82. The Labute approximate surface area is 250 Å². The Kier molecular flexibility index (Phi) is 4.99. The van der Waals surface area contributed by atoms with Gasteiger partial charge in [0.05, 0.1) is 5.69 Å². The van der Waals surface area contributed by atoms with Crippen molar-refractivity contribution in [3.8, 4) is 22.3 Å². The number of benzene rings is 7. The standard InChI is InChI=1S/C41H29NO/c1-41(2)35-13-7-6-12-33(35)34-22-21-31(24-36(34)41)42(30-19-17-27(18-20-30)26-9-4-3-5-10-26)32-23-29-16-15-28-11-8-14-37-39(28)40(29)38(25-32)43-37/h3-25H,1-2H3. The number of hydrogen-bond acceptors (Lipinski definition) is 2. The molecule has 7 aromatic carbocycles. The van der Waals surface area contributed by atoms with E-state index in [1.165, 1.54) is 54.9 Å². The predicted octanol–water partition coefficient (Wildman–Crippen LogP) is 11.6. The number of fused-ring (bicyclic) bond motifs is 3. The number of furan rings is 1. The first-order chi connectivity index (χ1) is 21.1. The Morgan fingerprint density at radius 2 is 1.16 bits per heavy atom. The topological polar surface area (TPSA) is 16.4 Å². The van der Waals surface area contributed by atoms with Gasteiger partial charge < -0.3 is 9.32 Å². The van der Waals surface area contributed by atoms with Gasteiger partial charge >= 0.3 is 0 Å². The third-order valence-electron chi connectivity index (χ3n) is 9.40. The van der Waals surface area contributed by atoms with Crippen LogP contribution < -0.4 is 4.90 Å². The van der Waals surface area contributed by atoms with E-state index < -0.39 is 0 Å². The lowest BCUT2D eigenvalue weighted by molar-refractivity contribution is 0.660. The zero-order chi connectivity index (χ0) is 28.7. The lowest BCUT2D eigenvalue weighted by Gasteiger charge is -2.28. The molecule has 9 rings (SSSR count). The SMILES string of the molecule is CC1(C)c2ccccc2-c2ccc(N(c3ccc(-c4ccccc4)cc3)c3cc4ccc5cccc6oc(c3)c4c56)cc21. The van der Waals surface area contributed by atoms with Gasteiger partial charge in [0.15, 0.2) is 0 Å². The van der Waals surface area contributed by atoms with Gasteiger partial charge in [-0.3, -0.25) is 0 Å². The molecule has 204 valence electrons. The third kappa shape index (κ3) is 3.53. The smallest absolute Gasteiger partial charge is 0.138 e. The molecule has 0 unspecified atom stereocenters. The molecule has 2 nitrogen and oxygen atoms in total. The maximum atomic E-state index is 6.48. The zero-order valence-corrected chi connectivity index (χ0v) is 24.1. The zero-order valence-electron chi connectivity index (χ0n) is 24.1. The van der Waals surface area contributed by atoms with Crippen molar-refractivity contribution in [3.05, 3.63) is 151 Å². The van der Waals surface area contributed by atoms with Gasteiger partial charge in [0.25, 0.3) is 0 Å². The molecule has 0 saturated heterocycles. The molecular formula is C41H29NO. The first kappa shape index (κ1) is 24.3. The van der Waals surface area contributed by atoms with Crippen LogP contribution in [0.4, 0.5) is 17.1 Å². The normalized spacial score (nSPS) is 13.5. The highest BCUT2D eigenvalue weighted by atomic mass is 16.3. The lowest BCUT2D eigenvalue weighted by Crippen LogP contribution is -2.16. The molecule has 0 N–H and O–H groups in total. The van der Waals surface area contributed by atoms with E-state index in [-0.39, 0.29) is 5.41 Å². The minimum absolute atomic E-state index is 0.0847. The van der Waals surface area contributed by atoms with Gasteiger partial charge in [-0.1, -0.05) is 111 Å². The van der Waals surface area contributed by atoms with Gasteiger partial charge in [-0.05, 0) is 80.6 Å². The Balaban J connectivity index is 1.26. The third-order valence-corrected chi connectivity index (χ3v) is 9.40. The largest absolute Gasteiger partial charge is 0.456 e. The molecule has 0 radical (unpaired) electrons. The summed E-state index contributed by atoms with van der Waals surface area (Å²) in [4.78, 5) is 2.38. The summed E-state index contributed by atoms with van der Waals surface area (Å²) in [6.45, 7) is 4.68. The molecule has 1 aliphatic rings. The van der Waals surface area contributed by atoms with Crippen molar-refractivity contribution >= 4 is 49.8 Å². The van der Waals surface area contributed by atoms with Crippen LogP contribution in [0, 0.1) is 0 Å². The molecule has 0 amide bonds. The molecule has 1 heterocycles. The van der Waals surface area contributed by atoms with E-state index in [4.69, 9.17) is 4.42 Å². The Bertz CT molecular complexity index is 2310. The molecule has 0 aliphatic heterocycles. The van der Waals surface area contributed by atoms with Crippen molar-refractivity contribution in [2.24, 2.45) is 0 Å². The molecule has 0 fully saturated rings. The van der Waals surface area contributed by atoms with Gasteiger partial charge in [-0.2, -0.15) is 0 Å². The molecular weight excluding hydrogens is 522 g/mol. The highest BCUT2D eigenvalue weighted by Crippen LogP contribution is 2.51. The van der Waals surface area contributed by atoms with Gasteiger partial charge in [0.1, 0.15) is 11.2 Å². The second-order valence-corrected chi connectivity index (χ2v) is 12.2. The fourth-order valence-electron chi connectivity index (χ4n) is 7.28. The first-order valence-electron chi connectivity index (χ1n) is 14.9. The van der Waals surface area contributed by atoms with E-state index in [1.54, 1.807) is 0 Å². The quantitative estimate of drug-likeness (QED) is 0.202. The number of anilines is 3. The minimum Gasteiger partial charge on any atom is -0.456 e. The second kappa shape index (κ2) is 8.83. The van der Waals surface area contributed by atoms with Crippen LogP contribution in [-0.4, -0.2) is 0 Å². The molecule has 2 heteroatoms. The molecule has 43 heavy (non-hydrogen) atoms. The average molecular weight is 552 g/mol. The Hall–Kier alpha value is -5.34. The van der Waals surface area contributed by atoms with Crippen LogP contribution >= 0.6 is 0 Å². The van der Waals surface area contributed by atoms with Crippen molar-refractivity contribution in [2.75, 3.05) is 4.90 Å². The molecule has 0 bridgehead atoms. The molecule has 0 atom stereocenters. The molecule has 8 aromatic rings. The molecule has 1 aromatic heterocycles. The molecule has 0 saturated carbocycles. The summed E-state index contributed by atoms with van der Waals surface area (Å²) in [5, 5.41) is 4.80. The van der Waals surface area contributed by atoms with Gasteiger partial charge in [0, 0.05) is 33.6 Å².